The molecule has 0 fully saturated rings. The molecule has 1 aromatic heterocycles. The molecule has 0 saturated heterocycles. The summed E-state index contributed by atoms with van der Waals surface area (Å²) in [5.41, 5.74) is 2.25. The number of benzene rings is 1. The highest BCUT2D eigenvalue weighted by Crippen LogP contribution is 2.24. The van der Waals surface area contributed by atoms with E-state index in [4.69, 9.17) is 4.74 Å². The number of hydrogen-bond donors (Lipinski definition) is 1. The number of nitrogens with zero attached hydrogens (tertiary/aromatic N) is 2. The van der Waals surface area contributed by atoms with Crippen LogP contribution in [0.25, 0.3) is 0 Å². The van der Waals surface area contributed by atoms with Gasteiger partial charge in [-0.2, -0.15) is 0 Å². The maximum Gasteiger partial charge on any atom is 0.118 e. The summed E-state index contributed by atoms with van der Waals surface area (Å²) in [6, 6.07) is 8.51. The summed E-state index contributed by atoms with van der Waals surface area (Å²) >= 11 is 1.38. The van der Waals surface area contributed by atoms with Crippen molar-refractivity contribution in [3.63, 3.8) is 0 Å². The Morgan fingerprint density at radius 3 is 2.53 bits per heavy atom. The Balaban J connectivity index is 2.06. The van der Waals surface area contributed by atoms with E-state index in [1.165, 1.54) is 17.1 Å². The average Bonchev–Trinajstić information content (AvgIpc) is 2.92. The van der Waals surface area contributed by atoms with Crippen LogP contribution >= 0.6 is 11.5 Å². The molecule has 1 heterocycles. The molecule has 19 heavy (non-hydrogen) atoms. The number of nitrogens with one attached hydrogen (secondary N) is 1. The van der Waals surface area contributed by atoms with E-state index in [9.17, 15) is 0 Å². The van der Waals surface area contributed by atoms with E-state index >= 15 is 0 Å². The van der Waals surface area contributed by atoms with Crippen molar-refractivity contribution < 1.29 is 4.74 Å². The molecular weight excluding hydrogens is 258 g/mol. The molecule has 2 aromatic rings. The zero-order chi connectivity index (χ0) is 13.7. The van der Waals surface area contributed by atoms with Crippen molar-refractivity contribution >= 4 is 11.5 Å². The second kappa shape index (κ2) is 6.63. The Morgan fingerprint density at radius 1 is 1.26 bits per heavy atom. The standard InChI is InChI=1S/C14H19N3OS/c1-10(2)14(15-8-12-9-19-17-16-12)11-4-6-13(18-3)7-5-11/h4-7,9-10,14-15H,8H2,1-3H3. The lowest BCUT2D eigenvalue weighted by atomic mass is 9.96. The third-order valence-corrected chi connectivity index (χ3v) is 3.60. The molecular formula is C14H19N3OS. The van der Waals surface area contributed by atoms with Gasteiger partial charge in [0.15, 0.2) is 0 Å². The Bertz CT molecular complexity index is 482. The topological polar surface area (TPSA) is 47.0 Å². The molecule has 0 spiro atoms. The first-order valence-electron chi connectivity index (χ1n) is 6.34. The first kappa shape index (κ1) is 14.0. The number of hydrogen-bond acceptors (Lipinski definition) is 5. The van der Waals surface area contributed by atoms with Gasteiger partial charge in [-0.3, -0.25) is 0 Å². The molecule has 0 aliphatic rings. The zero-order valence-electron chi connectivity index (χ0n) is 11.5. The van der Waals surface area contributed by atoms with E-state index < -0.39 is 0 Å². The lowest BCUT2D eigenvalue weighted by Gasteiger charge is -2.22. The molecule has 5 heteroatoms. The maximum absolute atomic E-state index is 5.19. The number of ether oxygens (including phenoxy) is 1. The van der Waals surface area contributed by atoms with Gasteiger partial charge >= 0.3 is 0 Å². The van der Waals surface area contributed by atoms with Crippen LogP contribution < -0.4 is 10.1 Å². The smallest absolute Gasteiger partial charge is 0.118 e. The van der Waals surface area contributed by atoms with Crippen molar-refractivity contribution in [1.29, 1.82) is 0 Å². The van der Waals surface area contributed by atoms with Gasteiger partial charge in [-0.15, -0.1) is 5.10 Å². The largest absolute Gasteiger partial charge is 0.497 e. The number of aromatic nitrogens is 2. The van der Waals surface area contributed by atoms with Crippen LogP contribution in [-0.2, 0) is 6.54 Å². The minimum atomic E-state index is 0.299. The molecule has 0 aliphatic heterocycles. The quantitative estimate of drug-likeness (QED) is 0.881. The Hall–Kier alpha value is -1.46. The first-order valence-corrected chi connectivity index (χ1v) is 7.17. The Morgan fingerprint density at radius 2 is 2.00 bits per heavy atom. The predicted molar refractivity (Wildman–Crippen MR) is 77.3 cm³/mol. The van der Waals surface area contributed by atoms with Crippen molar-refractivity contribution in [2.24, 2.45) is 5.92 Å². The normalized spacial score (nSPS) is 12.6. The van der Waals surface area contributed by atoms with Crippen LogP contribution in [0.2, 0.25) is 0 Å². The first-order chi connectivity index (χ1) is 9.20. The van der Waals surface area contributed by atoms with Gasteiger partial charge in [0.25, 0.3) is 0 Å². The fourth-order valence-corrected chi connectivity index (χ4v) is 2.48. The van der Waals surface area contributed by atoms with Crippen LogP contribution in [0.5, 0.6) is 5.75 Å². The SMILES string of the molecule is COc1ccc(C(NCc2csnn2)C(C)C)cc1. The molecule has 0 amide bonds. The Labute approximate surface area is 118 Å². The summed E-state index contributed by atoms with van der Waals surface area (Å²) < 4.78 is 9.07. The van der Waals surface area contributed by atoms with Gasteiger partial charge in [0.1, 0.15) is 5.75 Å². The average molecular weight is 277 g/mol. The molecule has 1 atom stereocenters. The third-order valence-electron chi connectivity index (χ3n) is 3.05. The van der Waals surface area contributed by atoms with Gasteiger partial charge in [0.05, 0.1) is 12.8 Å². The van der Waals surface area contributed by atoms with Gasteiger partial charge in [0, 0.05) is 18.0 Å². The van der Waals surface area contributed by atoms with Crippen LogP contribution in [0.4, 0.5) is 0 Å². The molecule has 0 saturated carbocycles. The van der Waals surface area contributed by atoms with E-state index in [0.29, 0.717) is 12.0 Å². The lowest BCUT2D eigenvalue weighted by molar-refractivity contribution is 0.403. The van der Waals surface area contributed by atoms with Crippen molar-refractivity contribution in [3.8, 4) is 5.75 Å². The van der Waals surface area contributed by atoms with Crippen LogP contribution in [0, 0.1) is 5.92 Å². The maximum atomic E-state index is 5.19. The van der Waals surface area contributed by atoms with Gasteiger partial charge in [-0.1, -0.05) is 30.5 Å². The zero-order valence-corrected chi connectivity index (χ0v) is 12.3. The molecule has 2 rings (SSSR count). The van der Waals surface area contributed by atoms with E-state index in [1.54, 1.807) is 7.11 Å². The van der Waals surface area contributed by atoms with Gasteiger partial charge in [-0.05, 0) is 35.1 Å². The summed E-state index contributed by atoms with van der Waals surface area (Å²) in [7, 11) is 1.68. The predicted octanol–water partition coefficient (Wildman–Crippen LogP) is 3.03. The summed E-state index contributed by atoms with van der Waals surface area (Å²) in [6.45, 7) is 5.16. The number of rotatable bonds is 6. The Kier molecular flexibility index (Phi) is 4.87. The minimum absolute atomic E-state index is 0.299. The molecule has 0 aliphatic carbocycles. The van der Waals surface area contributed by atoms with Gasteiger partial charge in [-0.25, -0.2) is 0 Å². The second-order valence-corrected chi connectivity index (χ2v) is 5.38. The van der Waals surface area contributed by atoms with Crippen molar-refractivity contribution in [2.75, 3.05) is 7.11 Å². The van der Waals surface area contributed by atoms with Crippen LogP contribution in [-0.4, -0.2) is 16.7 Å². The summed E-state index contributed by atoms with van der Waals surface area (Å²) in [5, 5.41) is 9.56. The fraction of sp³-hybridized carbons (Fsp3) is 0.429. The van der Waals surface area contributed by atoms with E-state index in [1.807, 2.05) is 17.5 Å². The highest BCUT2D eigenvalue weighted by molar-refractivity contribution is 7.03. The highest BCUT2D eigenvalue weighted by Gasteiger charge is 2.15. The van der Waals surface area contributed by atoms with Crippen molar-refractivity contribution in [1.82, 2.24) is 14.9 Å². The number of methoxy groups -OCH3 is 1. The highest BCUT2D eigenvalue weighted by atomic mass is 32.1. The molecule has 0 radical (unpaired) electrons. The summed E-state index contributed by atoms with van der Waals surface area (Å²) in [5.74, 6) is 1.38. The molecule has 1 aromatic carbocycles. The fourth-order valence-electron chi connectivity index (χ4n) is 2.03. The molecule has 1 N–H and O–H groups in total. The van der Waals surface area contributed by atoms with Crippen molar-refractivity contribution in [2.45, 2.75) is 26.4 Å². The van der Waals surface area contributed by atoms with Crippen LogP contribution in [0.15, 0.2) is 29.6 Å². The third kappa shape index (κ3) is 3.75. The van der Waals surface area contributed by atoms with Gasteiger partial charge in [0.2, 0.25) is 0 Å². The van der Waals surface area contributed by atoms with E-state index in [0.717, 1.165) is 18.0 Å². The summed E-state index contributed by atoms with van der Waals surface area (Å²) in [6.07, 6.45) is 0. The molecule has 0 bridgehead atoms. The van der Waals surface area contributed by atoms with Crippen LogP contribution in [0.1, 0.15) is 31.1 Å². The lowest BCUT2D eigenvalue weighted by Crippen LogP contribution is -2.25. The van der Waals surface area contributed by atoms with Crippen LogP contribution in [0.3, 0.4) is 0 Å². The molecule has 1 unspecified atom stereocenters. The van der Waals surface area contributed by atoms with Gasteiger partial charge < -0.3 is 10.1 Å². The van der Waals surface area contributed by atoms with Crippen molar-refractivity contribution in [3.05, 3.63) is 40.9 Å². The summed E-state index contributed by atoms with van der Waals surface area (Å²) in [4.78, 5) is 0. The van der Waals surface area contributed by atoms with E-state index in [-0.39, 0.29) is 0 Å². The molecule has 102 valence electrons. The molecule has 4 nitrogen and oxygen atoms in total. The second-order valence-electron chi connectivity index (χ2n) is 4.77. The minimum Gasteiger partial charge on any atom is -0.497 e. The monoisotopic (exact) mass is 277 g/mol. The van der Waals surface area contributed by atoms with E-state index in [2.05, 4.69) is 40.9 Å².